The van der Waals surface area contributed by atoms with E-state index in [0.29, 0.717) is 17.6 Å². The number of nitrogens with zero attached hydrogens (tertiary/aromatic N) is 3. The topological polar surface area (TPSA) is 59.8 Å². The van der Waals surface area contributed by atoms with E-state index in [1.165, 1.54) is 16.6 Å². The molecule has 0 unspecified atom stereocenters. The number of fused-ring (bicyclic) bond motifs is 1. The van der Waals surface area contributed by atoms with E-state index in [-0.39, 0.29) is 5.56 Å². The lowest BCUT2D eigenvalue weighted by Crippen LogP contribution is -2.29. The van der Waals surface area contributed by atoms with Crippen LogP contribution >= 0.6 is 0 Å². The van der Waals surface area contributed by atoms with Gasteiger partial charge >= 0.3 is 0 Å². The molecule has 0 aliphatic rings. The summed E-state index contributed by atoms with van der Waals surface area (Å²) in [6.45, 7) is 2.53. The number of pyridine rings is 1. The van der Waals surface area contributed by atoms with Crippen LogP contribution in [0, 0.1) is 6.92 Å². The third-order valence-corrected chi connectivity index (χ3v) is 4.55. The molecule has 0 radical (unpaired) electrons. The summed E-state index contributed by atoms with van der Waals surface area (Å²) in [6.07, 6.45) is 2.22. The van der Waals surface area contributed by atoms with Gasteiger partial charge in [-0.3, -0.25) is 4.79 Å². The number of aryl methyl sites for hydroxylation is 1. The van der Waals surface area contributed by atoms with Gasteiger partial charge in [0, 0.05) is 6.42 Å². The highest BCUT2D eigenvalue weighted by atomic mass is 16.1. The van der Waals surface area contributed by atoms with Gasteiger partial charge in [0.25, 0.3) is 5.56 Å². The average molecular weight is 356 g/mol. The minimum absolute atomic E-state index is 0.141. The predicted octanol–water partition coefficient (Wildman–Crippen LogP) is 3.43. The van der Waals surface area contributed by atoms with Crippen molar-refractivity contribution >= 4 is 11.0 Å². The monoisotopic (exact) mass is 356 g/mol. The molecule has 2 aromatic carbocycles. The first kappa shape index (κ1) is 17.0. The van der Waals surface area contributed by atoms with Gasteiger partial charge in [-0.25, -0.2) is 14.6 Å². The molecule has 0 fully saturated rings. The van der Waals surface area contributed by atoms with Crippen molar-refractivity contribution in [3.63, 3.8) is 0 Å². The van der Waals surface area contributed by atoms with Gasteiger partial charge in [-0.05, 0) is 29.7 Å². The Kier molecular flexibility index (Phi) is 4.66. The van der Waals surface area contributed by atoms with Crippen molar-refractivity contribution < 1.29 is 0 Å². The Labute approximate surface area is 157 Å². The van der Waals surface area contributed by atoms with Crippen LogP contribution in [0.2, 0.25) is 0 Å². The lowest BCUT2D eigenvalue weighted by molar-refractivity contribution is 0.788. The van der Waals surface area contributed by atoms with Crippen molar-refractivity contribution in [3.05, 3.63) is 106 Å². The Hall–Kier alpha value is -3.47. The largest absolute Gasteiger partial charge is 0.317 e. The second kappa shape index (κ2) is 7.41. The fourth-order valence-corrected chi connectivity index (χ4v) is 3.04. The van der Waals surface area contributed by atoms with Gasteiger partial charge in [0.05, 0.1) is 17.6 Å². The number of benzene rings is 2. The maximum atomic E-state index is 12.8. The van der Waals surface area contributed by atoms with Gasteiger partial charge in [0.1, 0.15) is 6.33 Å². The number of aromatic nitrogens is 3. The molecule has 0 spiro atoms. The SMILES string of the molecule is Cc1cc2c(=O)n(NCc3ccccc3)cnc2nc1Cc1ccccc1. The zero-order valence-electron chi connectivity index (χ0n) is 15.1. The fourth-order valence-electron chi connectivity index (χ4n) is 3.04. The van der Waals surface area contributed by atoms with Crippen LogP contribution in [-0.2, 0) is 13.0 Å². The van der Waals surface area contributed by atoms with Crippen molar-refractivity contribution in [2.45, 2.75) is 19.9 Å². The molecule has 5 heteroatoms. The molecule has 5 nitrogen and oxygen atoms in total. The maximum Gasteiger partial charge on any atom is 0.281 e. The predicted molar refractivity (Wildman–Crippen MR) is 107 cm³/mol. The summed E-state index contributed by atoms with van der Waals surface area (Å²) >= 11 is 0. The molecule has 4 aromatic rings. The molecule has 1 N–H and O–H groups in total. The molecule has 0 saturated heterocycles. The highest BCUT2D eigenvalue weighted by Gasteiger charge is 2.10. The molecule has 27 heavy (non-hydrogen) atoms. The van der Waals surface area contributed by atoms with Crippen LogP contribution in [0.3, 0.4) is 0 Å². The fraction of sp³-hybridized carbons (Fsp3) is 0.136. The van der Waals surface area contributed by atoms with E-state index in [2.05, 4.69) is 27.5 Å². The van der Waals surface area contributed by atoms with E-state index in [4.69, 9.17) is 0 Å². The number of nitrogens with one attached hydrogen (secondary N) is 1. The first-order valence-electron chi connectivity index (χ1n) is 8.90. The van der Waals surface area contributed by atoms with Crippen LogP contribution < -0.4 is 11.0 Å². The molecular formula is C22H20N4O. The normalized spacial score (nSPS) is 10.9. The number of hydrogen-bond acceptors (Lipinski definition) is 4. The quantitative estimate of drug-likeness (QED) is 0.595. The van der Waals surface area contributed by atoms with Gasteiger partial charge in [-0.1, -0.05) is 60.7 Å². The van der Waals surface area contributed by atoms with Crippen molar-refractivity contribution in [1.29, 1.82) is 0 Å². The van der Waals surface area contributed by atoms with Crippen LogP contribution in [-0.4, -0.2) is 14.6 Å². The van der Waals surface area contributed by atoms with Crippen LogP contribution in [0.4, 0.5) is 0 Å². The molecule has 0 atom stereocenters. The molecular weight excluding hydrogens is 336 g/mol. The van der Waals surface area contributed by atoms with Crippen molar-refractivity contribution in [1.82, 2.24) is 14.6 Å². The Morgan fingerprint density at radius 2 is 1.63 bits per heavy atom. The molecule has 134 valence electrons. The van der Waals surface area contributed by atoms with Crippen LogP contribution in [0.25, 0.3) is 11.0 Å². The van der Waals surface area contributed by atoms with E-state index < -0.39 is 0 Å². The van der Waals surface area contributed by atoms with E-state index in [1.807, 2.05) is 61.5 Å². The molecule has 0 saturated carbocycles. The van der Waals surface area contributed by atoms with E-state index in [9.17, 15) is 4.79 Å². The third-order valence-electron chi connectivity index (χ3n) is 4.55. The zero-order valence-corrected chi connectivity index (χ0v) is 15.1. The van der Waals surface area contributed by atoms with Crippen LogP contribution in [0.15, 0.2) is 77.9 Å². The highest BCUT2D eigenvalue weighted by Crippen LogP contribution is 2.15. The maximum absolute atomic E-state index is 12.8. The van der Waals surface area contributed by atoms with Crippen molar-refractivity contribution in [2.75, 3.05) is 5.43 Å². The van der Waals surface area contributed by atoms with Crippen LogP contribution in [0.5, 0.6) is 0 Å². The standard InChI is InChI=1S/C22H20N4O/c1-16-12-19-21(25-20(16)13-17-8-4-2-5-9-17)23-15-26(22(19)27)24-14-18-10-6-3-7-11-18/h2-12,15,24H,13-14H2,1H3. The molecule has 0 amide bonds. The number of rotatable bonds is 5. The van der Waals surface area contributed by atoms with Gasteiger partial charge in [0.2, 0.25) is 0 Å². The third kappa shape index (κ3) is 3.72. The summed E-state index contributed by atoms with van der Waals surface area (Å²) in [5.74, 6) is 0. The first-order chi connectivity index (χ1) is 13.2. The average Bonchev–Trinajstić information content (AvgIpc) is 2.70. The van der Waals surface area contributed by atoms with Gasteiger partial charge in [-0.2, -0.15) is 0 Å². The van der Waals surface area contributed by atoms with E-state index >= 15 is 0 Å². The summed E-state index contributed by atoms with van der Waals surface area (Å²) in [7, 11) is 0. The Morgan fingerprint density at radius 1 is 0.963 bits per heavy atom. The smallest absolute Gasteiger partial charge is 0.281 e. The summed E-state index contributed by atoms with van der Waals surface area (Å²) in [6, 6.07) is 22.0. The Morgan fingerprint density at radius 3 is 2.33 bits per heavy atom. The summed E-state index contributed by atoms with van der Waals surface area (Å²) in [4.78, 5) is 21.8. The Balaban J connectivity index is 1.63. The second-order valence-corrected chi connectivity index (χ2v) is 6.53. The molecule has 0 bridgehead atoms. The highest BCUT2D eigenvalue weighted by molar-refractivity contribution is 5.74. The first-order valence-corrected chi connectivity index (χ1v) is 8.90. The Bertz CT molecular complexity index is 1120. The molecule has 2 aromatic heterocycles. The van der Waals surface area contributed by atoms with Gasteiger partial charge in [-0.15, -0.1) is 0 Å². The van der Waals surface area contributed by atoms with E-state index in [1.54, 1.807) is 0 Å². The van der Waals surface area contributed by atoms with Gasteiger partial charge in [0.15, 0.2) is 5.65 Å². The van der Waals surface area contributed by atoms with E-state index in [0.717, 1.165) is 23.2 Å². The van der Waals surface area contributed by atoms with Crippen molar-refractivity contribution in [3.8, 4) is 0 Å². The lowest BCUT2D eigenvalue weighted by atomic mass is 10.1. The van der Waals surface area contributed by atoms with Gasteiger partial charge < -0.3 is 5.43 Å². The minimum Gasteiger partial charge on any atom is -0.317 e. The molecule has 4 rings (SSSR count). The van der Waals surface area contributed by atoms with Crippen LogP contribution in [0.1, 0.15) is 22.4 Å². The number of hydrogen-bond donors (Lipinski definition) is 1. The molecule has 0 aliphatic carbocycles. The van der Waals surface area contributed by atoms with Crippen molar-refractivity contribution in [2.24, 2.45) is 0 Å². The lowest BCUT2D eigenvalue weighted by Gasteiger charge is -2.11. The summed E-state index contributed by atoms with van der Waals surface area (Å²) < 4.78 is 1.42. The minimum atomic E-state index is -0.141. The summed E-state index contributed by atoms with van der Waals surface area (Å²) in [5, 5.41) is 0.521. The molecule has 0 aliphatic heterocycles. The molecule has 2 heterocycles. The second-order valence-electron chi connectivity index (χ2n) is 6.53. The summed E-state index contributed by atoms with van der Waals surface area (Å²) in [5.41, 5.74) is 7.66. The zero-order chi connectivity index (χ0) is 18.6.